The van der Waals surface area contributed by atoms with Gasteiger partial charge in [-0.2, -0.15) is 0 Å². The Balaban J connectivity index is 1.26. The number of oxime groups is 1. The number of carbonyl (C=O) groups excluding carboxylic acids is 2. The van der Waals surface area contributed by atoms with E-state index in [-0.39, 0.29) is 27.9 Å². The maximum Gasteiger partial charge on any atom is 0.280 e. The monoisotopic (exact) mass is 559 g/mol. The van der Waals surface area contributed by atoms with Crippen LogP contribution in [0.25, 0.3) is 0 Å². The highest BCUT2D eigenvalue weighted by Gasteiger charge is 2.37. The maximum atomic E-state index is 13.3. The number of amides is 2. The summed E-state index contributed by atoms with van der Waals surface area (Å²) in [7, 11) is -3.32. The molecule has 38 heavy (non-hydrogen) atoms. The van der Waals surface area contributed by atoms with E-state index in [9.17, 15) is 18.0 Å². The number of thiazole rings is 1. The Labute approximate surface area is 227 Å². The topological polar surface area (TPSA) is 121 Å². The molecular formula is C26H33N5O5S2. The van der Waals surface area contributed by atoms with Gasteiger partial charge in [-0.1, -0.05) is 17.3 Å². The summed E-state index contributed by atoms with van der Waals surface area (Å²) >= 11 is 1.39. The van der Waals surface area contributed by atoms with Crippen LogP contribution in [0.2, 0.25) is 0 Å². The molecule has 1 aromatic carbocycles. The fourth-order valence-electron chi connectivity index (χ4n) is 4.76. The third kappa shape index (κ3) is 6.41. The average molecular weight is 560 g/mol. The number of carbonyl (C=O) groups is 2. The Bertz CT molecular complexity index is 1290. The molecule has 0 bridgehead atoms. The van der Waals surface area contributed by atoms with Crippen molar-refractivity contribution in [3.8, 4) is 0 Å². The van der Waals surface area contributed by atoms with E-state index in [0.29, 0.717) is 43.2 Å². The summed E-state index contributed by atoms with van der Waals surface area (Å²) in [6.07, 6.45) is 7.05. The molecule has 2 saturated carbocycles. The fraction of sp³-hybridized carbons (Fsp3) is 0.538. The minimum absolute atomic E-state index is 0.0257. The molecule has 1 N–H and O–H groups in total. The number of nitrogens with one attached hydrogen (secondary N) is 1. The van der Waals surface area contributed by atoms with E-state index >= 15 is 0 Å². The quantitative estimate of drug-likeness (QED) is 0.370. The van der Waals surface area contributed by atoms with Crippen molar-refractivity contribution in [3.05, 3.63) is 40.9 Å². The van der Waals surface area contributed by atoms with E-state index < -0.39 is 15.7 Å². The lowest BCUT2D eigenvalue weighted by atomic mass is 10.1. The van der Waals surface area contributed by atoms with Gasteiger partial charge in [-0.25, -0.2) is 13.4 Å². The standard InChI is InChI=1S/C26H33N5O5S2/c1-18(32)31-14-12-30(13-15-31)17-21-16-27-26(37-21)28-25(33)24(29-36-20-4-2-3-5-20)19-6-8-22(9-7-19)38(34,35)23-10-11-23/h6-9,16,20,23H,2-5,10-15,17H2,1H3,(H,27,28,33)/b29-24+. The van der Waals surface area contributed by atoms with Crippen LogP contribution in [-0.4, -0.2) is 78.3 Å². The van der Waals surface area contributed by atoms with Crippen molar-refractivity contribution in [2.24, 2.45) is 5.16 Å². The second kappa shape index (κ2) is 11.5. The third-order valence-electron chi connectivity index (χ3n) is 7.20. The highest BCUT2D eigenvalue weighted by Crippen LogP contribution is 2.33. The summed E-state index contributed by atoms with van der Waals surface area (Å²) in [6, 6.07) is 6.29. The van der Waals surface area contributed by atoms with Crippen molar-refractivity contribution < 1.29 is 22.8 Å². The van der Waals surface area contributed by atoms with Crippen molar-refractivity contribution in [2.45, 2.75) is 68.2 Å². The third-order valence-corrected chi connectivity index (χ3v) is 10.4. The predicted octanol–water partition coefficient (Wildman–Crippen LogP) is 3.05. The molecule has 204 valence electrons. The second-order valence-corrected chi connectivity index (χ2v) is 13.4. The lowest BCUT2D eigenvalue weighted by molar-refractivity contribution is -0.130. The van der Waals surface area contributed by atoms with Crippen molar-refractivity contribution in [1.29, 1.82) is 0 Å². The van der Waals surface area contributed by atoms with Crippen LogP contribution in [0.1, 0.15) is 55.9 Å². The molecule has 3 fully saturated rings. The van der Waals surface area contributed by atoms with Crippen molar-refractivity contribution in [1.82, 2.24) is 14.8 Å². The molecule has 2 heterocycles. The van der Waals surface area contributed by atoms with Crippen molar-refractivity contribution >= 4 is 43.8 Å². The van der Waals surface area contributed by atoms with E-state index in [4.69, 9.17) is 4.84 Å². The summed E-state index contributed by atoms with van der Waals surface area (Å²) in [5.41, 5.74) is 0.569. The molecule has 5 rings (SSSR count). The molecule has 1 aliphatic heterocycles. The molecule has 0 radical (unpaired) electrons. The van der Waals surface area contributed by atoms with Gasteiger partial charge in [0.2, 0.25) is 5.91 Å². The van der Waals surface area contributed by atoms with Gasteiger partial charge in [-0.15, -0.1) is 11.3 Å². The Kier molecular flexibility index (Phi) is 8.10. The number of hydrogen-bond acceptors (Lipinski definition) is 9. The minimum atomic E-state index is -3.32. The van der Waals surface area contributed by atoms with Crippen LogP contribution in [-0.2, 0) is 30.8 Å². The SMILES string of the molecule is CC(=O)N1CCN(Cc2cnc(NC(=O)/C(=N/OC3CCCC3)c3ccc(S(=O)(=O)C4CC4)cc3)s2)CC1. The summed E-state index contributed by atoms with van der Waals surface area (Å²) in [6.45, 7) is 5.29. The number of nitrogens with zero attached hydrogens (tertiary/aromatic N) is 4. The van der Waals surface area contributed by atoms with E-state index in [1.807, 2.05) is 4.90 Å². The smallest absolute Gasteiger partial charge is 0.280 e. The molecule has 3 aliphatic rings. The first-order valence-electron chi connectivity index (χ1n) is 13.1. The van der Waals surface area contributed by atoms with E-state index in [2.05, 4.69) is 20.4 Å². The molecule has 1 saturated heterocycles. The Morgan fingerprint density at radius 2 is 1.76 bits per heavy atom. The summed E-state index contributed by atoms with van der Waals surface area (Å²) < 4.78 is 25.2. The molecule has 1 aromatic heterocycles. The van der Waals surface area contributed by atoms with Gasteiger partial charge in [-0.3, -0.25) is 19.8 Å². The molecule has 0 spiro atoms. The van der Waals surface area contributed by atoms with Gasteiger partial charge < -0.3 is 9.74 Å². The first-order valence-corrected chi connectivity index (χ1v) is 15.5. The van der Waals surface area contributed by atoms with Crippen LogP contribution < -0.4 is 5.32 Å². The summed E-state index contributed by atoms with van der Waals surface area (Å²) in [4.78, 5) is 40.3. The van der Waals surface area contributed by atoms with Gasteiger partial charge in [0.15, 0.2) is 20.7 Å². The van der Waals surface area contributed by atoms with Crippen molar-refractivity contribution in [2.75, 3.05) is 31.5 Å². The van der Waals surface area contributed by atoms with Gasteiger partial charge in [0.1, 0.15) is 6.10 Å². The Morgan fingerprint density at radius 1 is 1.08 bits per heavy atom. The molecule has 10 nitrogen and oxygen atoms in total. The number of anilines is 1. The molecule has 2 aliphatic carbocycles. The van der Waals surface area contributed by atoms with Gasteiger partial charge in [0, 0.05) is 56.3 Å². The zero-order valence-corrected chi connectivity index (χ0v) is 23.1. The maximum absolute atomic E-state index is 13.3. The van der Waals surface area contributed by atoms with Crippen LogP contribution >= 0.6 is 11.3 Å². The Morgan fingerprint density at radius 3 is 2.39 bits per heavy atom. The zero-order valence-electron chi connectivity index (χ0n) is 21.5. The van der Waals surface area contributed by atoms with Gasteiger partial charge in [0.25, 0.3) is 5.91 Å². The normalized spacial score (nSPS) is 19.5. The van der Waals surface area contributed by atoms with Crippen LogP contribution in [0.15, 0.2) is 40.5 Å². The number of sulfone groups is 1. The molecule has 2 aromatic rings. The number of aromatic nitrogens is 1. The number of rotatable bonds is 9. The lowest BCUT2D eigenvalue weighted by Gasteiger charge is -2.33. The first-order chi connectivity index (χ1) is 18.3. The number of piperazine rings is 1. The fourth-order valence-corrected chi connectivity index (χ4v) is 7.26. The van der Waals surface area contributed by atoms with Crippen LogP contribution in [0.5, 0.6) is 0 Å². The summed E-state index contributed by atoms with van der Waals surface area (Å²) in [5.74, 6) is -0.363. The largest absolute Gasteiger partial charge is 0.392 e. The first kappa shape index (κ1) is 26.8. The molecule has 0 unspecified atom stereocenters. The van der Waals surface area contributed by atoms with Crippen LogP contribution in [0.4, 0.5) is 5.13 Å². The van der Waals surface area contributed by atoms with E-state index in [0.717, 1.165) is 43.6 Å². The minimum Gasteiger partial charge on any atom is -0.392 e. The highest BCUT2D eigenvalue weighted by molar-refractivity contribution is 7.92. The van der Waals surface area contributed by atoms with Crippen LogP contribution in [0.3, 0.4) is 0 Å². The van der Waals surface area contributed by atoms with Gasteiger partial charge >= 0.3 is 0 Å². The average Bonchev–Trinajstić information content (AvgIpc) is 3.49. The van der Waals surface area contributed by atoms with Gasteiger partial charge in [0.05, 0.1) is 10.1 Å². The zero-order chi connectivity index (χ0) is 26.7. The van der Waals surface area contributed by atoms with E-state index in [1.54, 1.807) is 25.3 Å². The molecule has 0 atom stereocenters. The highest BCUT2D eigenvalue weighted by atomic mass is 32.2. The Hall–Kier alpha value is -2.83. The predicted molar refractivity (Wildman–Crippen MR) is 145 cm³/mol. The lowest BCUT2D eigenvalue weighted by Crippen LogP contribution is -2.47. The number of benzene rings is 1. The van der Waals surface area contributed by atoms with E-state index in [1.165, 1.54) is 23.5 Å². The molecular weight excluding hydrogens is 526 g/mol. The van der Waals surface area contributed by atoms with Gasteiger partial charge in [-0.05, 0) is 50.7 Å². The van der Waals surface area contributed by atoms with Crippen LogP contribution in [0, 0.1) is 0 Å². The molecule has 2 amide bonds. The summed E-state index contributed by atoms with van der Waals surface area (Å²) in [5, 5.41) is 7.22. The second-order valence-electron chi connectivity index (χ2n) is 10.1. The molecule has 12 heteroatoms. The number of hydrogen-bond donors (Lipinski definition) is 1. The van der Waals surface area contributed by atoms with Crippen molar-refractivity contribution in [3.63, 3.8) is 0 Å².